The molecule has 0 radical (unpaired) electrons. The Balaban J connectivity index is 1.65. The first kappa shape index (κ1) is 19.3. The smallest absolute Gasteiger partial charge is 0.338 e. The second-order valence-corrected chi connectivity index (χ2v) is 6.31. The lowest BCUT2D eigenvalue weighted by molar-refractivity contribution is -0.118. The highest BCUT2D eigenvalue weighted by Crippen LogP contribution is 2.18. The van der Waals surface area contributed by atoms with E-state index in [1.807, 2.05) is 0 Å². The first-order valence-corrected chi connectivity index (χ1v) is 9.08. The third-order valence-electron chi connectivity index (χ3n) is 4.47. The first-order valence-electron chi connectivity index (χ1n) is 9.08. The number of anilines is 2. The largest absolute Gasteiger partial charge is 0.462 e. The molecule has 1 aromatic carbocycles. The maximum Gasteiger partial charge on any atom is 0.338 e. The van der Waals surface area contributed by atoms with E-state index in [2.05, 4.69) is 15.2 Å². The van der Waals surface area contributed by atoms with E-state index < -0.39 is 5.97 Å². The molecule has 2 amide bonds. The molecule has 0 aliphatic carbocycles. The molecule has 0 bridgehead atoms. The van der Waals surface area contributed by atoms with Gasteiger partial charge in [0.1, 0.15) is 0 Å². The van der Waals surface area contributed by atoms with E-state index in [0.717, 1.165) is 12.1 Å². The van der Waals surface area contributed by atoms with Crippen LogP contribution in [0.1, 0.15) is 27.6 Å². The van der Waals surface area contributed by atoms with Gasteiger partial charge in [0.15, 0.2) is 0 Å². The van der Waals surface area contributed by atoms with Gasteiger partial charge in [-0.1, -0.05) is 0 Å². The zero-order chi connectivity index (χ0) is 19.9. The molecule has 28 heavy (non-hydrogen) atoms. The molecule has 8 heteroatoms. The van der Waals surface area contributed by atoms with E-state index in [4.69, 9.17) is 4.74 Å². The van der Waals surface area contributed by atoms with Gasteiger partial charge in [-0.2, -0.15) is 0 Å². The minimum Gasteiger partial charge on any atom is -0.462 e. The Morgan fingerprint density at radius 1 is 1.11 bits per heavy atom. The molecule has 1 N–H and O–H groups in total. The van der Waals surface area contributed by atoms with Crippen molar-refractivity contribution in [3.05, 3.63) is 53.9 Å². The van der Waals surface area contributed by atoms with Crippen LogP contribution in [0.15, 0.2) is 42.7 Å². The van der Waals surface area contributed by atoms with Gasteiger partial charge in [-0.25, -0.2) is 4.79 Å². The van der Waals surface area contributed by atoms with Crippen molar-refractivity contribution in [2.24, 2.45) is 0 Å². The van der Waals surface area contributed by atoms with Gasteiger partial charge in [-0.05, 0) is 37.3 Å². The van der Waals surface area contributed by atoms with Crippen LogP contribution in [0.5, 0.6) is 0 Å². The van der Waals surface area contributed by atoms with Crippen LogP contribution < -0.4 is 10.2 Å². The molecule has 2 aromatic rings. The number of aromatic nitrogens is 1. The summed E-state index contributed by atoms with van der Waals surface area (Å²) in [6.45, 7) is 4.74. The lowest BCUT2D eigenvalue weighted by Crippen LogP contribution is -2.45. The van der Waals surface area contributed by atoms with Gasteiger partial charge in [-0.3, -0.25) is 14.6 Å². The molecule has 1 aliphatic heterocycles. The summed E-state index contributed by atoms with van der Waals surface area (Å²) in [6, 6.07) is 8.30. The zero-order valence-corrected chi connectivity index (χ0v) is 15.6. The summed E-state index contributed by atoms with van der Waals surface area (Å²) in [5, 5.41) is 2.80. The Morgan fingerprint density at radius 3 is 2.46 bits per heavy atom. The van der Waals surface area contributed by atoms with Crippen LogP contribution in [0, 0.1) is 0 Å². The van der Waals surface area contributed by atoms with Crippen LogP contribution >= 0.6 is 0 Å². The molecule has 0 atom stereocenters. The number of ether oxygens (including phenoxy) is 1. The fraction of sp³-hybridized carbons (Fsp3) is 0.300. The standard InChI is InChI=1S/C20H22N4O4/c1-2-28-20(27)15-3-5-17(6-4-15)22-19(26)16-11-18(13-21-12-16)24-9-7-23(14-25)8-10-24/h3-6,11-14H,2,7-10H2,1H3,(H,22,26). The molecule has 1 fully saturated rings. The molecule has 1 aromatic heterocycles. The van der Waals surface area contributed by atoms with Crippen molar-refractivity contribution in [3.8, 4) is 0 Å². The van der Waals surface area contributed by atoms with Gasteiger partial charge in [0.25, 0.3) is 5.91 Å². The summed E-state index contributed by atoms with van der Waals surface area (Å²) in [7, 11) is 0. The van der Waals surface area contributed by atoms with Crippen molar-refractivity contribution in [1.29, 1.82) is 0 Å². The van der Waals surface area contributed by atoms with Crippen molar-refractivity contribution < 1.29 is 19.1 Å². The Morgan fingerprint density at radius 2 is 1.82 bits per heavy atom. The number of benzene rings is 1. The lowest BCUT2D eigenvalue weighted by atomic mass is 10.2. The van der Waals surface area contributed by atoms with Crippen molar-refractivity contribution in [2.45, 2.75) is 6.92 Å². The highest BCUT2D eigenvalue weighted by atomic mass is 16.5. The highest BCUT2D eigenvalue weighted by Gasteiger charge is 2.17. The Hall–Kier alpha value is -3.42. The van der Waals surface area contributed by atoms with E-state index in [0.29, 0.717) is 49.6 Å². The number of pyridine rings is 1. The number of hydrogen-bond donors (Lipinski definition) is 1. The van der Waals surface area contributed by atoms with Crippen LogP contribution in [0.4, 0.5) is 11.4 Å². The van der Waals surface area contributed by atoms with E-state index in [9.17, 15) is 14.4 Å². The number of esters is 1. The van der Waals surface area contributed by atoms with Crippen molar-refractivity contribution >= 4 is 29.7 Å². The molecule has 146 valence electrons. The van der Waals surface area contributed by atoms with E-state index in [1.54, 1.807) is 48.4 Å². The SMILES string of the molecule is CCOC(=O)c1ccc(NC(=O)c2cncc(N3CCN(C=O)CC3)c2)cc1. The van der Waals surface area contributed by atoms with Crippen LogP contribution in [0.25, 0.3) is 0 Å². The first-order chi connectivity index (χ1) is 13.6. The molecule has 1 aliphatic rings. The van der Waals surface area contributed by atoms with Gasteiger partial charge in [0.2, 0.25) is 6.41 Å². The fourth-order valence-corrected chi connectivity index (χ4v) is 2.92. The number of amides is 2. The number of piperazine rings is 1. The zero-order valence-electron chi connectivity index (χ0n) is 15.6. The average molecular weight is 382 g/mol. The maximum atomic E-state index is 12.6. The van der Waals surface area contributed by atoms with Gasteiger partial charge in [-0.15, -0.1) is 0 Å². The third-order valence-corrected chi connectivity index (χ3v) is 4.47. The monoisotopic (exact) mass is 382 g/mol. The van der Waals surface area contributed by atoms with Crippen LogP contribution in [0.2, 0.25) is 0 Å². The summed E-state index contributed by atoms with van der Waals surface area (Å²) in [6.07, 6.45) is 4.07. The van der Waals surface area contributed by atoms with Gasteiger partial charge >= 0.3 is 5.97 Å². The minimum absolute atomic E-state index is 0.287. The number of rotatable bonds is 6. The number of carbonyl (C=O) groups excluding carboxylic acids is 3. The lowest BCUT2D eigenvalue weighted by Gasteiger charge is -2.34. The minimum atomic E-state index is -0.396. The summed E-state index contributed by atoms with van der Waals surface area (Å²) in [4.78, 5) is 43.1. The topological polar surface area (TPSA) is 91.8 Å². The molecule has 2 heterocycles. The molecule has 0 saturated carbocycles. The molecule has 3 rings (SSSR count). The van der Waals surface area contributed by atoms with Crippen molar-refractivity contribution in [1.82, 2.24) is 9.88 Å². The Kier molecular flexibility index (Phi) is 6.21. The van der Waals surface area contributed by atoms with Crippen molar-refractivity contribution in [3.63, 3.8) is 0 Å². The quantitative estimate of drug-likeness (QED) is 0.605. The van der Waals surface area contributed by atoms with Gasteiger partial charge in [0.05, 0.1) is 29.6 Å². The molecule has 0 spiro atoms. The molecular formula is C20H22N4O4. The van der Waals surface area contributed by atoms with E-state index in [1.165, 1.54) is 6.20 Å². The van der Waals surface area contributed by atoms with Crippen LogP contribution in [0.3, 0.4) is 0 Å². The summed E-state index contributed by atoms with van der Waals surface area (Å²) >= 11 is 0. The molecule has 1 saturated heterocycles. The average Bonchev–Trinajstić information content (AvgIpc) is 2.74. The van der Waals surface area contributed by atoms with Crippen LogP contribution in [-0.4, -0.2) is 61.0 Å². The predicted molar refractivity (Wildman–Crippen MR) is 104 cm³/mol. The van der Waals surface area contributed by atoms with Gasteiger partial charge < -0.3 is 19.9 Å². The van der Waals surface area contributed by atoms with E-state index in [-0.39, 0.29) is 5.91 Å². The maximum absolute atomic E-state index is 12.6. The van der Waals surface area contributed by atoms with Crippen LogP contribution in [-0.2, 0) is 9.53 Å². The molecule has 0 unspecified atom stereocenters. The number of nitrogens with zero attached hydrogens (tertiary/aromatic N) is 3. The normalized spacial score (nSPS) is 13.8. The Labute approximate surface area is 163 Å². The summed E-state index contributed by atoms with van der Waals surface area (Å²) < 4.78 is 4.94. The van der Waals surface area contributed by atoms with Gasteiger partial charge in [0, 0.05) is 38.1 Å². The number of hydrogen-bond acceptors (Lipinski definition) is 6. The highest BCUT2D eigenvalue weighted by molar-refractivity contribution is 6.04. The number of carbonyl (C=O) groups is 3. The predicted octanol–water partition coefficient (Wildman–Crippen LogP) is 1.79. The summed E-state index contributed by atoms with van der Waals surface area (Å²) in [5.41, 5.74) is 2.28. The number of nitrogens with one attached hydrogen (secondary N) is 1. The van der Waals surface area contributed by atoms with E-state index >= 15 is 0 Å². The molecule has 8 nitrogen and oxygen atoms in total. The fourth-order valence-electron chi connectivity index (χ4n) is 2.92. The van der Waals surface area contributed by atoms with Crippen molar-refractivity contribution in [2.75, 3.05) is 43.0 Å². The summed E-state index contributed by atoms with van der Waals surface area (Å²) in [5.74, 6) is -0.684. The second-order valence-electron chi connectivity index (χ2n) is 6.31. The third kappa shape index (κ3) is 4.64. The second kappa shape index (κ2) is 8.98. The Bertz CT molecular complexity index is 846. The molecular weight excluding hydrogens is 360 g/mol.